The Morgan fingerprint density at radius 3 is 2.90 bits per heavy atom. The number of Topliss-reactive ketones (excluding diaryl/α,β-unsaturated/α-hetero) is 1. The molecule has 2 unspecified atom stereocenters. The van der Waals surface area contributed by atoms with Crippen molar-refractivity contribution >= 4 is 5.78 Å². The molecule has 3 aliphatic carbocycles. The van der Waals surface area contributed by atoms with Crippen LogP contribution in [0.15, 0.2) is 29.8 Å². The van der Waals surface area contributed by atoms with E-state index in [0.717, 1.165) is 12.8 Å². The molecule has 21 heavy (non-hydrogen) atoms. The Morgan fingerprint density at radius 2 is 2.19 bits per heavy atom. The van der Waals surface area contributed by atoms with Crippen molar-refractivity contribution in [1.29, 1.82) is 0 Å². The molecule has 1 heteroatoms. The van der Waals surface area contributed by atoms with Crippen molar-refractivity contribution in [3.05, 3.63) is 46.5 Å². The average Bonchev–Trinajstić information content (AvgIpc) is 3.06. The van der Waals surface area contributed by atoms with Crippen molar-refractivity contribution in [2.24, 2.45) is 5.92 Å². The molecule has 0 aromatic heterocycles. The summed E-state index contributed by atoms with van der Waals surface area (Å²) in [5, 5.41) is 0. The van der Waals surface area contributed by atoms with Crippen molar-refractivity contribution in [3.63, 3.8) is 0 Å². The van der Waals surface area contributed by atoms with E-state index < -0.39 is 0 Å². The van der Waals surface area contributed by atoms with Crippen LogP contribution in [0.3, 0.4) is 0 Å². The van der Waals surface area contributed by atoms with Gasteiger partial charge in [0.25, 0.3) is 0 Å². The third kappa shape index (κ3) is 2.01. The van der Waals surface area contributed by atoms with E-state index in [-0.39, 0.29) is 5.41 Å². The summed E-state index contributed by atoms with van der Waals surface area (Å²) in [6.07, 6.45) is 11.2. The van der Waals surface area contributed by atoms with E-state index in [9.17, 15) is 4.79 Å². The quantitative estimate of drug-likeness (QED) is 0.744. The number of unbranched alkanes of at least 4 members (excludes halogenated alkanes) is 1. The Morgan fingerprint density at radius 1 is 1.29 bits per heavy atom. The molecule has 2 atom stereocenters. The van der Waals surface area contributed by atoms with Crippen LogP contribution in [0, 0.1) is 5.92 Å². The zero-order valence-corrected chi connectivity index (χ0v) is 13.0. The van der Waals surface area contributed by atoms with E-state index >= 15 is 0 Å². The lowest BCUT2D eigenvalue weighted by Crippen LogP contribution is -2.39. The van der Waals surface area contributed by atoms with Gasteiger partial charge >= 0.3 is 0 Å². The molecule has 0 heterocycles. The predicted octanol–water partition coefficient (Wildman–Crippen LogP) is 4.52. The molecule has 3 aliphatic rings. The van der Waals surface area contributed by atoms with Gasteiger partial charge in [0.15, 0.2) is 0 Å². The molecule has 0 aliphatic heterocycles. The van der Waals surface area contributed by atoms with Gasteiger partial charge in [-0.15, -0.1) is 0 Å². The fraction of sp³-hybridized carbons (Fsp3) is 0.550. The van der Waals surface area contributed by atoms with Gasteiger partial charge in [-0.1, -0.05) is 43.2 Å². The lowest BCUT2D eigenvalue weighted by molar-refractivity contribution is -0.120. The highest BCUT2D eigenvalue weighted by Crippen LogP contribution is 2.58. The first-order valence-corrected chi connectivity index (χ1v) is 8.53. The largest absolute Gasteiger partial charge is 0.299 e. The number of fused-ring (bicyclic) bond motifs is 5. The summed E-state index contributed by atoms with van der Waals surface area (Å²) in [6.45, 7) is 2.25. The van der Waals surface area contributed by atoms with Gasteiger partial charge in [0.2, 0.25) is 0 Å². The molecule has 0 radical (unpaired) electrons. The summed E-state index contributed by atoms with van der Waals surface area (Å²) in [5.74, 6) is 1.15. The highest BCUT2D eigenvalue weighted by molar-refractivity contribution is 5.85. The highest BCUT2D eigenvalue weighted by atomic mass is 16.1. The minimum atomic E-state index is 0.164. The van der Waals surface area contributed by atoms with Crippen LogP contribution in [0.4, 0.5) is 0 Å². The van der Waals surface area contributed by atoms with Crippen LogP contribution in [0.1, 0.15) is 62.1 Å². The zero-order valence-electron chi connectivity index (χ0n) is 13.0. The SMILES string of the molecule is CCCCc1ccc2c(c1)C1(CC(=O)C2)CC2=CCC1C2. The van der Waals surface area contributed by atoms with E-state index in [1.165, 1.54) is 48.8 Å². The first-order valence-electron chi connectivity index (χ1n) is 8.53. The Labute approximate surface area is 127 Å². The van der Waals surface area contributed by atoms with Gasteiger partial charge < -0.3 is 0 Å². The van der Waals surface area contributed by atoms with Crippen LogP contribution in [0.25, 0.3) is 0 Å². The Balaban J connectivity index is 1.78. The van der Waals surface area contributed by atoms with Gasteiger partial charge in [-0.05, 0) is 54.7 Å². The monoisotopic (exact) mass is 280 g/mol. The summed E-state index contributed by atoms with van der Waals surface area (Å²) in [6, 6.07) is 6.96. The molecule has 4 rings (SSSR count). The second-order valence-electron chi connectivity index (χ2n) is 7.32. The number of ketones is 1. The third-order valence-electron chi connectivity index (χ3n) is 5.95. The zero-order chi connectivity index (χ0) is 14.4. The second-order valence-corrected chi connectivity index (χ2v) is 7.32. The summed E-state index contributed by atoms with van der Waals surface area (Å²) in [5.41, 5.74) is 6.10. The van der Waals surface area contributed by atoms with Crippen LogP contribution < -0.4 is 0 Å². The van der Waals surface area contributed by atoms with E-state index in [2.05, 4.69) is 31.2 Å². The number of benzene rings is 1. The molecule has 1 fully saturated rings. The van der Waals surface area contributed by atoms with E-state index in [4.69, 9.17) is 0 Å². The molecule has 1 aromatic rings. The number of rotatable bonds is 3. The highest BCUT2D eigenvalue weighted by Gasteiger charge is 2.51. The van der Waals surface area contributed by atoms with Crippen molar-refractivity contribution in [2.45, 2.75) is 63.7 Å². The molecular formula is C20H24O. The van der Waals surface area contributed by atoms with Gasteiger partial charge in [0.1, 0.15) is 5.78 Å². The molecule has 2 bridgehead atoms. The minimum absolute atomic E-state index is 0.164. The third-order valence-corrected chi connectivity index (χ3v) is 5.95. The number of allylic oxidation sites excluding steroid dienone is 2. The maximum atomic E-state index is 12.3. The second kappa shape index (κ2) is 4.83. The van der Waals surface area contributed by atoms with Gasteiger partial charge in [-0.2, -0.15) is 0 Å². The maximum absolute atomic E-state index is 12.3. The number of carbonyl (C=O) groups excluding carboxylic acids is 1. The molecule has 1 nitrogen and oxygen atoms in total. The molecule has 0 saturated heterocycles. The maximum Gasteiger partial charge on any atom is 0.138 e. The van der Waals surface area contributed by atoms with Gasteiger partial charge in [-0.25, -0.2) is 0 Å². The topological polar surface area (TPSA) is 17.1 Å². The number of hydrogen-bond acceptors (Lipinski definition) is 1. The van der Waals surface area contributed by atoms with Crippen LogP contribution >= 0.6 is 0 Å². The van der Waals surface area contributed by atoms with Gasteiger partial charge in [0.05, 0.1) is 0 Å². The van der Waals surface area contributed by atoms with Gasteiger partial charge in [0, 0.05) is 18.3 Å². The molecular weight excluding hydrogens is 256 g/mol. The molecule has 0 N–H and O–H groups in total. The molecule has 110 valence electrons. The van der Waals surface area contributed by atoms with Crippen LogP contribution in [-0.2, 0) is 23.1 Å². The van der Waals surface area contributed by atoms with Crippen molar-refractivity contribution in [1.82, 2.24) is 0 Å². The molecule has 1 saturated carbocycles. The first kappa shape index (κ1) is 13.3. The lowest BCUT2D eigenvalue weighted by atomic mass is 9.62. The van der Waals surface area contributed by atoms with Gasteiger partial charge in [-0.3, -0.25) is 4.79 Å². The van der Waals surface area contributed by atoms with E-state index in [0.29, 0.717) is 18.1 Å². The molecule has 1 spiro atoms. The summed E-state index contributed by atoms with van der Waals surface area (Å²) in [4.78, 5) is 12.3. The fourth-order valence-electron chi connectivity index (χ4n) is 4.93. The Kier molecular flexibility index (Phi) is 3.06. The summed E-state index contributed by atoms with van der Waals surface area (Å²) in [7, 11) is 0. The van der Waals surface area contributed by atoms with Crippen LogP contribution in [0.2, 0.25) is 0 Å². The fourth-order valence-corrected chi connectivity index (χ4v) is 4.93. The van der Waals surface area contributed by atoms with Crippen molar-refractivity contribution in [3.8, 4) is 0 Å². The molecule has 1 aromatic carbocycles. The normalized spacial score (nSPS) is 29.9. The summed E-state index contributed by atoms with van der Waals surface area (Å²) >= 11 is 0. The molecule has 0 amide bonds. The Hall–Kier alpha value is -1.37. The summed E-state index contributed by atoms with van der Waals surface area (Å²) < 4.78 is 0. The van der Waals surface area contributed by atoms with Crippen LogP contribution in [-0.4, -0.2) is 5.78 Å². The number of carbonyl (C=O) groups is 1. The van der Waals surface area contributed by atoms with E-state index in [1.807, 2.05) is 0 Å². The number of aryl methyl sites for hydroxylation is 1. The standard InChI is InChI=1S/C20H24O/c1-2-3-4-14-5-7-16-11-18(21)13-20(19(16)10-14)12-15-6-8-17(20)9-15/h5-7,10,17H,2-4,8-9,11-13H2,1H3. The number of hydrogen-bond donors (Lipinski definition) is 0. The van der Waals surface area contributed by atoms with Crippen molar-refractivity contribution < 1.29 is 4.79 Å². The van der Waals surface area contributed by atoms with E-state index in [1.54, 1.807) is 5.57 Å². The average molecular weight is 280 g/mol. The predicted molar refractivity (Wildman–Crippen MR) is 85.5 cm³/mol. The minimum Gasteiger partial charge on any atom is -0.299 e. The lowest BCUT2D eigenvalue weighted by Gasteiger charge is -2.41. The smallest absolute Gasteiger partial charge is 0.138 e. The van der Waals surface area contributed by atoms with Crippen molar-refractivity contribution in [2.75, 3.05) is 0 Å². The first-order chi connectivity index (χ1) is 10.2. The van der Waals surface area contributed by atoms with Crippen LogP contribution in [0.5, 0.6) is 0 Å². The Bertz CT molecular complexity index is 625.